The van der Waals surface area contributed by atoms with Gasteiger partial charge in [0.25, 0.3) is 0 Å². The van der Waals surface area contributed by atoms with Gasteiger partial charge < -0.3 is 4.42 Å². The first-order valence-electron chi connectivity index (χ1n) is 16.4. The summed E-state index contributed by atoms with van der Waals surface area (Å²) in [6, 6.07) is 6.90. The maximum atomic E-state index is 13.4. The molecule has 0 saturated carbocycles. The van der Waals surface area contributed by atoms with Crippen LogP contribution in [0.1, 0.15) is 70.8 Å². The molecule has 0 amide bonds. The Morgan fingerprint density at radius 3 is 2.14 bits per heavy atom. The Bertz CT molecular complexity index is 2030. The van der Waals surface area contributed by atoms with Gasteiger partial charge in [0.15, 0.2) is 29.0 Å². The summed E-state index contributed by atoms with van der Waals surface area (Å²) in [4.78, 5) is 17.3. The average molecular weight is 612 g/mol. The van der Waals surface area contributed by atoms with Crippen molar-refractivity contribution in [3.8, 4) is 22.9 Å². The number of nitrogens with zero attached hydrogens (tertiary/aromatic N) is 5. The molecule has 0 atom stereocenters. The molecule has 43 heavy (non-hydrogen) atoms. The molecule has 0 aliphatic rings. The van der Waals surface area contributed by atoms with Crippen molar-refractivity contribution >= 4 is 30.1 Å². The van der Waals surface area contributed by atoms with Crippen LogP contribution in [0.5, 0.6) is 0 Å². The van der Waals surface area contributed by atoms with Crippen LogP contribution in [0.2, 0.25) is 16.6 Å². The molecule has 0 aliphatic carbocycles. The molecular formula is C33H39F3N5OSi+. The first-order valence-corrected chi connectivity index (χ1v) is 16.4. The number of benzene rings is 1. The van der Waals surface area contributed by atoms with Crippen molar-refractivity contribution < 1.29 is 29.0 Å². The third-order valence-electron chi connectivity index (χ3n) is 8.63. The number of aromatic nitrogens is 5. The highest BCUT2D eigenvalue weighted by atomic mass is 28.3. The lowest BCUT2D eigenvalue weighted by molar-refractivity contribution is -0.660. The largest absolute Gasteiger partial charge is 0.452 e. The number of hydrogen-bond acceptors (Lipinski definition) is 5. The summed E-state index contributed by atoms with van der Waals surface area (Å²) in [6.45, 7) is 13.7. The lowest BCUT2D eigenvalue weighted by atomic mass is 10.0. The van der Waals surface area contributed by atoms with Gasteiger partial charge in [-0.2, -0.15) is 13.2 Å². The Labute approximate surface area is 258 Å². The molecule has 5 aromatic rings. The number of halogens is 3. The Balaban J connectivity index is 1.90. The van der Waals surface area contributed by atoms with E-state index in [-0.39, 0.29) is 34.0 Å². The zero-order chi connectivity index (χ0) is 36.0. The van der Waals surface area contributed by atoms with Crippen molar-refractivity contribution in [3.63, 3.8) is 0 Å². The average Bonchev–Trinajstić information content (AvgIpc) is 3.32. The minimum Gasteiger partial charge on any atom is -0.452 e. The predicted octanol–water partition coefficient (Wildman–Crippen LogP) is 8.72. The lowest BCUT2D eigenvalue weighted by Gasteiger charge is -2.49. The lowest BCUT2D eigenvalue weighted by Crippen LogP contribution is -2.51. The predicted molar refractivity (Wildman–Crippen MR) is 166 cm³/mol. The van der Waals surface area contributed by atoms with Crippen molar-refractivity contribution in [2.45, 2.75) is 84.1 Å². The summed E-state index contributed by atoms with van der Waals surface area (Å²) in [5.74, 6) is -2.38. The van der Waals surface area contributed by atoms with Crippen LogP contribution >= 0.6 is 0 Å². The van der Waals surface area contributed by atoms with Gasteiger partial charge >= 0.3 is 6.18 Å². The molecule has 0 radical (unpaired) electrons. The highest BCUT2D eigenvalue weighted by Crippen LogP contribution is 2.53. The SMILES string of the molecule is [2H]C([2H])([2H])c1ccc(-c2c(C)ccc3c2oc2c(C([2H])([2H])[Si](C)(C(C)(C)C)C(C)(C)C)nc(-c4ncc(C(F)(F)F)cn4)nc23)[n+](C)c1. The number of pyridine rings is 1. The smallest absolute Gasteiger partial charge is 0.419 e. The monoisotopic (exact) mass is 611 g/mol. The molecule has 4 heterocycles. The van der Waals surface area contributed by atoms with Crippen LogP contribution in [0.4, 0.5) is 13.2 Å². The van der Waals surface area contributed by atoms with E-state index in [0.29, 0.717) is 34.6 Å². The standard InChI is InChI=1S/C33H39F3N5OSi/c1-19-11-14-24(41(9)17-19)25-20(2)12-13-22-26-28(42-27(22)25)23(18-43(10,31(3,4)5)32(6,7)8)39-30(40-26)29-37-15-21(16-38-29)33(34,35)36/h11-17H,18H2,1-10H3/q+1/i1D3,18D2. The van der Waals surface area contributed by atoms with Crippen LogP contribution in [-0.4, -0.2) is 28.0 Å². The van der Waals surface area contributed by atoms with E-state index < -0.39 is 42.7 Å². The summed E-state index contributed by atoms with van der Waals surface area (Å²) in [6.07, 6.45) is -1.79. The molecule has 226 valence electrons. The molecule has 0 unspecified atom stereocenters. The Kier molecular flexibility index (Phi) is 5.88. The maximum absolute atomic E-state index is 13.4. The minimum absolute atomic E-state index is 0.0213. The number of hydrogen-bond donors (Lipinski definition) is 0. The molecule has 0 N–H and O–H groups in total. The second-order valence-corrected chi connectivity index (χ2v) is 18.8. The highest BCUT2D eigenvalue weighted by molar-refractivity contribution is 6.83. The van der Waals surface area contributed by atoms with E-state index in [2.05, 4.69) is 15.0 Å². The fourth-order valence-corrected chi connectivity index (χ4v) is 9.15. The molecule has 0 fully saturated rings. The Morgan fingerprint density at radius 2 is 1.58 bits per heavy atom. The minimum atomic E-state index is -4.65. The topological polar surface area (TPSA) is 68.6 Å². The van der Waals surface area contributed by atoms with Crippen LogP contribution < -0.4 is 4.57 Å². The number of aryl methyl sites for hydroxylation is 3. The zero-order valence-electron chi connectivity index (χ0n) is 30.8. The first-order chi connectivity index (χ1) is 21.8. The maximum Gasteiger partial charge on any atom is 0.419 e. The van der Waals surface area contributed by atoms with Crippen LogP contribution in [-0.2, 0) is 19.2 Å². The van der Waals surface area contributed by atoms with Gasteiger partial charge in [-0.05, 0) is 47.5 Å². The van der Waals surface area contributed by atoms with Gasteiger partial charge in [-0.25, -0.2) is 24.5 Å². The van der Waals surface area contributed by atoms with Crippen molar-refractivity contribution in [1.29, 1.82) is 0 Å². The van der Waals surface area contributed by atoms with Gasteiger partial charge in [-0.1, -0.05) is 54.2 Å². The fraction of sp³-hybridized carbons (Fsp3) is 0.424. The van der Waals surface area contributed by atoms with Crippen molar-refractivity contribution in [2.24, 2.45) is 7.05 Å². The number of fused-ring (bicyclic) bond motifs is 3. The van der Waals surface area contributed by atoms with Gasteiger partial charge in [-0.15, -0.1) is 0 Å². The third kappa shape index (κ3) is 5.34. The molecule has 5 rings (SSSR count). The van der Waals surface area contributed by atoms with E-state index in [1.54, 1.807) is 23.7 Å². The van der Waals surface area contributed by atoms with Gasteiger partial charge in [-0.3, -0.25) is 0 Å². The van der Waals surface area contributed by atoms with E-state index in [1.807, 2.05) is 61.1 Å². The summed E-state index contributed by atoms with van der Waals surface area (Å²) in [5, 5.41) is -0.445. The molecule has 0 spiro atoms. The third-order valence-corrected chi connectivity index (χ3v) is 15.4. The summed E-state index contributed by atoms with van der Waals surface area (Å²) in [5.41, 5.74) is 1.99. The second kappa shape index (κ2) is 10.2. The molecule has 0 bridgehead atoms. The quantitative estimate of drug-likeness (QED) is 0.150. The van der Waals surface area contributed by atoms with Gasteiger partial charge in [0, 0.05) is 36.3 Å². The van der Waals surface area contributed by atoms with Crippen LogP contribution in [0.3, 0.4) is 0 Å². The van der Waals surface area contributed by atoms with Gasteiger partial charge in [0.1, 0.15) is 12.6 Å². The number of alkyl halides is 3. The second-order valence-electron chi connectivity index (χ2n) is 13.3. The van der Waals surface area contributed by atoms with E-state index in [0.717, 1.165) is 5.56 Å². The highest BCUT2D eigenvalue weighted by Gasteiger charge is 2.49. The van der Waals surface area contributed by atoms with Crippen LogP contribution in [0.15, 0.2) is 47.3 Å². The molecule has 1 aromatic carbocycles. The molecule has 6 nitrogen and oxygen atoms in total. The van der Waals surface area contributed by atoms with Gasteiger partial charge in [0.05, 0.1) is 24.9 Å². The van der Waals surface area contributed by atoms with Crippen molar-refractivity contribution in [1.82, 2.24) is 19.9 Å². The van der Waals surface area contributed by atoms with Crippen LogP contribution in [0, 0.1) is 13.8 Å². The summed E-state index contributed by atoms with van der Waals surface area (Å²) >= 11 is 0. The van der Waals surface area contributed by atoms with E-state index in [4.69, 9.17) is 13.5 Å². The first kappa shape index (κ1) is 24.7. The Morgan fingerprint density at radius 1 is 0.930 bits per heavy atom. The summed E-state index contributed by atoms with van der Waals surface area (Å²) < 4.78 is 91.6. The number of furan rings is 1. The molecule has 10 heteroatoms. The molecule has 4 aromatic heterocycles. The molecular weight excluding hydrogens is 567 g/mol. The Hall–Kier alpha value is -3.66. The molecule has 0 saturated heterocycles. The van der Waals surface area contributed by atoms with E-state index in [1.165, 1.54) is 12.3 Å². The number of rotatable bonds is 4. The molecule has 0 aliphatic heterocycles. The fourth-order valence-electron chi connectivity index (χ4n) is 5.50. The zero-order valence-corrected chi connectivity index (χ0v) is 26.8. The van der Waals surface area contributed by atoms with Crippen molar-refractivity contribution in [2.75, 3.05) is 0 Å². The summed E-state index contributed by atoms with van der Waals surface area (Å²) in [7, 11) is -1.40. The van der Waals surface area contributed by atoms with E-state index in [9.17, 15) is 15.9 Å². The van der Waals surface area contributed by atoms with Crippen LogP contribution in [0.25, 0.3) is 45.0 Å². The van der Waals surface area contributed by atoms with Gasteiger partial charge in [0.2, 0.25) is 5.69 Å². The van der Waals surface area contributed by atoms with E-state index >= 15 is 0 Å². The van der Waals surface area contributed by atoms with Crippen molar-refractivity contribution in [3.05, 3.63) is 65.2 Å². The normalized spacial score (nSPS) is 15.7.